The van der Waals surface area contributed by atoms with E-state index in [1.165, 1.54) is 67.8 Å². The van der Waals surface area contributed by atoms with E-state index in [9.17, 15) is 41.8 Å². The summed E-state index contributed by atoms with van der Waals surface area (Å²) in [5, 5.41) is 31.6. The van der Waals surface area contributed by atoms with E-state index in [2.05, 4.69) is 5.32 Å². The number of nitrogens with zero attached hydrogens (tertiary/aromatic N) is 1. The maximum absolute atomic E-state index is 14.2. The van der Waals surface area contributed by atoms with Gasteiger partial charge in [-0.2, -0.15) is 0 Å². The van der Waals surface area contributed by atoms with Crippen molar-refractivity contribution in [1.29, 1.82) is 0 Å². The summed E-state index contributed by atoms with van der Waals surface area (Å²) < 4.78 is 62.4. The van der Waals surface area contributed by atoms with E-state index in [1.807, 2.05) is 0 Å². The Morgan fingerprint density at radius 2 is 0.917 bits per heavy atom. The highest BCUT2D eigenvalue weighted by atomic mass is 19.1. The summed E-state index contributed by atoms with van der Waals surface area (Å²) in [7, 11) is 3.18. The number of hydrogen-bond acceptors (Lipinski definition) is 8. The third-order valence-corrected chi connectivity index (χ3v) is 12.2. The number of methoxy groups -OCH3 is 1. The number of halogens is 4. The minimum atomic E-state index is -1.83. The summed E-state index contributed by atoms with van der Waals surface area (Å²) in [6.45, 7) is 1.02. The number of carbonyl (C=O) groups excluding carboxylic acids is 4. The second-order valence-electron chi connectivity index (χ2n) is 17.2. The maximum Gasteiger partial charge on any atom is 0.253 e. The number of nitrogens with one attached hydrogen (secondary N) is 3. The van der Waals surface area contributed by atoms with E-state index in [-0.39, 0.29) is 35.8 Å². The van der Waals surface area contributed by atoms with E-state index in [0.717, 1.165) is 38.5 Å². The normalized spacial score (nSPS) is 11.2. The smallest absolute Gasteiger partial charge is 0.253 e. The van der Waals surface area contributed by atoms with Crippen LogP contribution in [0.25, 0.3) is 0 Å². The van der Waals surface area contributed by atoms with Gasteiger partial charge in [0, 0.05) is 51.2 Å². The summed E-state index contributed by atoms with van der Waals surface area (Å²) in [5.74, 6) is -3.20. The number of rotatable bonds is 23. The first-order chi connectivity index (χ1) is 34.7. The molecule has 0 heterocycles. The van der Waals surface area contributed by atoms with Crippen molar-refractivity contribution in [3.05, 3.63) is 213 Å². The third kappa shape index (κ3) is 14.9. The lowest BCUT2D eigenvalue weighted by molar-refractivity contribution is -0.130. The fourth-order valence-corrected chi connectivity index (χ4v) is 8.40. The van der Waals surface area contributed by atoms with E-state index < -0.39 is 46.3 Å². The number of amides is 4. The van der Waals surface area contributed by atoms with Crippen molar-refractivity contribution in [3.8, 4) is 0 Å². The van der Waals surface area contributed by atoms with Gasteiger partial charge in [-0.3, -0.25) is 29.6 Å². The highest BCUT2D eigenvalue weighted by Crippen LogP contribution is 2.41. The molecule has 380 valence electrons. The molecule has 0 saturated carbocycles. The second kappa shape index (κ2) is 27.4. The average Bonchev–Trinajstić information content (AvgIpc) is 3.39. The Morgan fingerprint density at radius 3 is 1.36 bits per heavy atom. The summed E-state index contributed by atoms with van der Waals surface area (Å²) in [5.41, 5.74) is 3.39. The summed E-state index contributed by atoms with van der Waals surface area (Å²) in [6, 6.07) is 36.1. The van der Waals surface area contributed by atoms with Gasteiger partial charge in [0.05, 0.1) is 0 Å². The Morgan fingerprint density at radius 1 is 0.514 bits per heavy atom. The lowest BCUT2D eigenvalue weighted by atomic mass is 9.79. The Labute approximate surface area is 416 Å². The third-order valence-electron chi connectivity index (χ3n) is 12.2. The zero-order valence-corrected chi connectivity index (χ0v) is 40.2. The van der Waals surface area contributed by atoms with Crippen LogP contribution in [0.3, 0.4) is 0 Å². The minimum Gasteiger partial charge on any atom is -0.376 e. The monoisotopic (exact) mass is 992 g/mol. The Bertz CT molecular complexity index is 2630. The van der Waals surface area contributed by atoms with Crippen LogP contribution in [0.1, 0.15) is 118 Å². The van der Waals surface area contributed by atoms with Crippen LogP contribution >= 0.6 is 0 Å². The van der Waals surface area contributed by atoms with Crippen LogP contribution in [0.5, 0.6) is 0 Å². The first-order valence-corrected chi connectivity index (χ1v) is 23.6. The van der Waals surface area contributed by atoms with Crippen molar-refractivity contribution in [3.63, 3.8) is 0 Å². The maximum atomic E-state index is 14.2. The SMILES string of the molecule is CN(CCCCCCC(=O)NO)C(=O)c1ccc(C(O)(c2cccc(F)c2)c2cccc(F)c2)cc1.COC(c1ccc(C(=O)NCCCCCCC(=O)NO)cc1)(c1cccc(F)c1)c1cccc(F)c1. The molecule has 0 unspecified atom stereocenters. The second-order valence-corrected chi connectivity index (χ2v) is 17.2. The van der Waals surface area contributed by atoms with Gasteiger partial charge in [0.25, 0.3) is 11.8 Å². The lowest BCUT2D eigenvalue weighted by Gasteiger charge is -2.34. The lowest BCUT2D eigenvalue weighted by Crippen LogP contribution is -2.32. The number of carbonyl (C=O) groups is 4. The summed E-state index contributed by atoms with van der Waals surface area (Å²) >= 11 is 0. The molecular weight excluding hydrogens is 933 g/mol. The Balaban J connectivity index is 0.000000267. The molecule has 6 aromatic carbocycles. The molecule has 0 bridgehead atoms. The molecule has 0 spiro atoms. The molecule has 6 N–H and O–H groups in total. The van der Waals surface area contributed by atoms with Crippen LogP contribution in [0.2, 0.25) is 0 Å². The van der Waals surface area contributed by atoms with E-state index in [4.69, 9.17) is 15.2 Å². The molecule has 0 saturated heterocycles. The van der Waals surface area contributed by atoms with Gasteiger partial charge in [0.15, 0.2) is 0 Å². The molecule has 6 aromatic rings. The molecule has 0 aromatic heterocycles. The fourth-order valence-electron chi connectivity index (χ4n) is 8.40. The Kier molecular flexibility index (Phi) is 21.2. The van der Waals surface area contributed by atoms with Crippen molar-refractivity contribution in [2.24, 2.45) is 0 Å². The van der Waals surface area contributed by atoms with Gasteiger partial charge in [0.1, 0.15) is 34.5 Å². The van der Waals surface area contributed by atoms with Crippen molar-refractivity contribution < 1.29 is 57.0 Å². The van der Waals surface area contributed by atoms with Crippen molar-refractivity contribution >= 4 is 23.6 Å². The van der Waals surface area contributed by atoms with Crippen LogP contribution < -0.4 is 16.3 Å². The number of ether oxygens (including phenoxy) is 1. The molecule has 0 aliphatic heterocycles. The van der Waals surface area contributed by atoms with Crippen LogP contribution in [0, 0.1) is 23.3 Å². The molecule has 0 fully saturated rings. The van der Waals surface area contributed by atoms with E-state index >= 15 is 0 Å². The highest BCUT2D eigenvalue weighted by molar-refractivity contribution is 5.94. The fraction of sp³-hybridized carbons (Fsp3) is 0.286. The number of aliphatic hydroxyl groups is 1. The number of unbranched alkanes of at least 4 members (excludes halogenated alkanes) is 6. The predicted molar refractivity (Wildman–Crippen MR) is 263 cm³/mol. The van der Waals surface area contributed by atoms with E-state index in [1.54, 1.807) is 108 Å². The molecule has 16 heteroatoms. The summed E-state index contributed by atoms with van der Waals surface area (Å²) in [4.78, 5) is 49.1. The van der Waals surface area contributed by atoms with Gasteiger partial charge in [0.2, 0.25) is 11.8 Å². The van der Waals surface area contributed by atoms with Gasteiger partial charge in [-0.1, -0.05) is 98.5 Å². The van der Waals surface area contributed by atoms with Gasteiger partial charge in [-0.05, 0) is 132 Å². The van der Waals surface area contributed by atoms with E-state index in [0.29, 0.717) is 59.3 Å². The molecule has 0 radical (unpaired) electrons. The van der Waals surface area contributed by atoms with Crippen LogP contribution in [0.4, 0.5) is 17.6 Å². The first-order valence-electron chi connectivity index (χ1n) is 23.6. The molecule has 12 nitrogen and oxygen atoms in total. The molecule has 4 amide bonds. The number of hydroxylamine groups is 2. The van der Waals surface area contributed by atoms with Gasteiger partial charge in [-0.25, -0.2) is 28.5 Å². The quantitative estimate of drug-likeness (QED) is 0.0121. The molecule has 0 atom stereocenters. The van der Waals surface area contributed by atoms with Gasteiger partial charge >= 0.3 is 0 Å². The molecular formula is C56H60F4N4O8. The van der Waals surface area contributed by atoms with Crippen LogP contribution in [-0.2, 0) is 25.5 Å². The topological polar surface area (TPSA) is 178 Å². The zero-order valence-electron chi connectivity index (χ0n) is 40.2. The van der Waals surface area contributed by atoms with Crippen molar-refractivity contribution in [1.82, 2.24) is 21.2 Å². The minimum absolute atomic E-state index is 0.193. The zero-order chi connectivity index (χ0) is 52.1. The average molecular weight is 993 g/mol. The molecule has 72 heavy (non-hydrogen) atoms. The first kappa shape index (κ1) is 55.7. The molecule has 0 aliphatic rings. The molecule has 6 rings (SSSR count). The summed E-state index contributed by atoms with van der Waals surface area (Å²) in [6.07, 6.45) is 6.68. The number of benzene rings is 6. The Hall–Kier alpha value is -7.24. The largest absolute Gasteiger partial charge is 0.376 e. The van der Waals surface area contributed by atoms with Crippen molar-refractivity contribution in [2.75, 3.05) is 27.2 Å². The van der Waals surface area contributed by atoms with Crippen LogP contribution in [-0.4, -0.2) is 71.3 Å². The predicted octanol–water partition coefficient (Wildman–Crippen LogP) is 9.87. The van der Waals surface area contributed by atoms with Gasteiger partial charge < -0.3 is 20.1 Å². The number of hydrogen-bond donors (Lipinski definition) is 6. The van der Waals surface area contributed by atoms with Crippen LogP contribution in [0.15, 0.2) is 146 Å². The van der Waals surface area contributed by atoms with Gasteiger partial charge in [-0.15, -0.1) is 0 Å². The highest BCUT2D eigenvalue weighted by Gasteiger charge is 2.38. The standard InChI is InChI=1S/2C28H30F2N2O4/c1-32(17-5-3-2-4-12-26(33)31-36)27(34)20-13-15-21(16-14-20)28(35,22-8-6-10-24(29)18-22)23-9-7-11-25(30)19-23;1-36-28(22-8-6-10-24(29)18-22,23-9-7-11-25(30)19-23)21-15-13-20(14-16-21)27(34)31-17-5-3-2-4-12-26(33)32-35/h6-11,13-16,18-19,35-36H,2-5,12,17H2,1H3,(H,31,33);6-11,13-16,18-19,35H,2-5,12,17H2,1H3,(H,31,34)(H,32,33). The van der Waals surface area contributed by atoms with Crippen molar-refractivity contribution in [2.45, 2.75) is 75.4 Å². The molecule has 0 aliphatic carbocycles.